The van der Waals surface area contributed by atoms with Crippen LogP contribution in [0.3, 0.4) is 0 Å². The van der Waals surface area contributed by atoms with Gasteiger partial charge in [-0.05, 0) is 19.9 Å². The number of hydrogen-bond donors (Lipinski definition) is 1. The molecule has 0 saturated carbocycles. The van der Waals surface area contributed by atoms with Gasteiger partial charge < -0.3 is 9.64 Å². The van der Waals surface area contributed by atoms with E-state index in [-0.39, 0.29) is 12.0 Å². The summed E-state index contributed by atoms with van der Waals surface area (Å²) in [6.07, 6.45) is -3.36. The van der Waals surface area contributed by atoms with Gasteiger partial charge >= 0.3 is 12.1 Å². The van der Waals surface area contributed by atoms with Crippen LogP contribution < -0.4 is 14.8 Å². The number of anilines is 1. The quantitative estimate of drug-likeness (QED) is 0.800. The molecule has 0 aliphatic carbocycles. The van der Waals surface area contributed by atoms with E-state index in [4.69, 9.17) is 4.74 Å². The third-order valence-corrected chi connectivity index (χ3v) is 4.12. The Balaban J connectivity index is 1.93. The molecule has 2 N–H and O–H groups in total. The summed E-state index contributed by atoms with van der Waals surface area (Å²) in [6.45, 7) is 6.78. The van der Waals surface area contributed by atoms with E-state index in [0.29, 0.717) is 25.5 Å². The van der Waals surface area contributed by atoms with Crippen molar-refractivity contribution in [3.8, 4) is 0 Å². The third kappa shape index (κ3) is 4.34. The average molecular weight is 333 g/mol. The van der Waals surface area contributed by atoms with Crippen molar-refractivity contribution >= 4 is 11.8 Å². The molecule has 0 unspecified atom stereocenters. The van der Waals surface area contributed by atoms with Crippen LogP contribution in [0.15, 0.2) is 18.3 Å². The molecular formula is C15H22F3N3O2+2. The Hall–Kier alpha value is -1.83. The van der Waals surface area contributed by atoms with E-state index < -0.39 is 11.7 Å². The van der Waals surface area contributed by atoms with Crippen molar-refractivity contribution in [3.05, 3.63) is 23.9 Å². The molecular weight excluding hydrogens is 311 g/mol. The average Bonchev–Trinajstić information content (AvgIpc) is 2.54. The van der Waals surface area contributed by atoms with E-state index in [2.05, 4.69) is 4.98 Å². The van der Waals surface area contributed by atoms with Crippen LogP contribution in [0.1, 0.15) is 19.4 Å². The molecule has 5 nitrogen and oxygen atoms in total. The molecule has 2 rings (SSSR count). The lowest BCUT2D eigenvalue weighted by Gasteiger charge is -2.31. The van der Waals surface area contributed by atoms with E-state index in [1.165, 1.54) is 6.07 Å². The fourth-order valence-corrected chi connectivity index (χ4v) is 2.69. The smallest absolute Gasteiger partial charge is 0.419 e. The van der Waals surface area contributed by atoms with Gasteiger partial charge in [0.2, 0.25) is 0 Å². The second-order valence-corrected chi connectivity index (χ2v) is 5.58. The summed E-state index contributed by atoms with van der Waals surface area (Å²) in [5.41, 5.74) is -0.693. The molecule has 0 bridgehead atoms. The lowest BCUT2D eigenvalue weighted by Crippen LogP contribution is -3.19. The Morgan fingerprint density at radius 1 is 1.39 bits per heavy atom. The molecule has 2 heterocycles. The van der Waals surface area contributed by atoms with Crippen LogP contribution in [0.2, 0.25) is 0 Å². The standard InChI is InChI=1S/C15H20F3N3O2/c1-3-23-14(22)11(2)20-6-8-21(9-7-20)13-5-4-12(10-19-13)15(16,17)18/h4-5,10-11H,3,6-9H2,1-2H3/p+2/t11-/m0/s1. The summed E-state index contributed by atoms with van der Waals surface area (Å²) in [4.78, 5) is 17.6. The Morgan fingerprint density at radius 2 is 2.04 bits per heavy atom. The Bertz CT molecular complexity index is 526. The number of H-pyrrole nitrogens is 1. The van der Waals surface area contributed by atoms with Gasteiger partial charge in [-0.25, -0.2) is 9.78 Å². The first-order valence-corrected chi connectivity index (χ1v) is 7.68. The van der Waals surface area contributed by atoms with Crippen LogP contribution in [-0.4, -0.2) is 44.8 Å². The Labute approximate surface area is 133 Å². The maximum absolute atomic E-state index is 12.6. The molecule has 1 atom stereocenters. The maximum Gasteiger partial charge on any atom is 0.419 e. The van der Waals surface area contributed by atoms with Crippen molar-refractivity contribution in [2.24, 2.45) is 0 Å². The Morgan fingerprint density at radius 3 is 2.52 bits per heavy atom. The summed E-state index contributed by atoms with van der Waals surface area (Å²) in [6, 6.07) is 2.29. The minimum atomic E-state index is -4.34. The van der Waals surface area contributed by atoms with Crippen LogP contribution in [0.4, 0.5) is 19.0 Å². The van der Waals surface area contributed by atoms with Crippen molar-refractivity contribution in [3.63, 3.8) is 0 Å². The van der Waals surface area contributed by atoms with Crippen molar-refractivity contribution in [2.45, 2.75) is 26.1 Å². The molecule has 0 amide bonds. The number of aromatic amines is 1. The SMILES string of the molecule is CCOC(=O)[C@H](C)[NH+]1CCN(c2ccc(C(F)(F)F)c[nH+]2)CC1. The number of nitrogens with one attached hydrogen (secondary N) is 2. The number of hydrogen-bond acceptors (Lipinski definition) is 3. The number of pyridine rings is 1. The third-order valence-electron chi connectivity index (χ3n) is 4.12. The van der Waals surface area contributed by atoms with Crippen molar-refractivity contribution in [1.82, 2.24) is 0 Å². The van der Waals surface area contributed by atoms with Gasteiger partial charge in [-0.2, -0.15) is 13.2 Å². The number of quaternary nitrogens is 1. The fourth-order valence-electron chi connectivity index (χ4n) is 2.69. The van der Waals surface area contributed by atoms with E-state index in [0.717, 1.165) is 30.3 Å². The van der Waals surface area contributed by atoms with Crippen LogP contribution in [0.5, 0.6) is 0 Å². The lowest BCUT2D eigenvalue weighted by molar-refractivity contribution is -0.915. The number of nitrogens with zero attached hydrogens (tertiary/aromatic N) is 1. The maximum atomic E-state index is 12.6. The van der Waals surface area contributed by atoms with E-state index in [9.17, 15) is 18.0 Å². The van der Waals surface area contributed by atoms with Gasteiger partial charge in [-0.3, -0.25) is 4.90 Å². The highest BCUT2D eigenvalue weighted by atomic mass is 19.4. The molecule has 0 aromatic carbocycles. The zero-order valence-electron chi connectivity index (χ0n) is 13.2. The second-order valence-electron chi connectivity index (χ2n) is 5.58. The van der Waals surface area contributed by atoms with Crippen LogP contribution in [0, 0.1) is 0 Å². The van der Waals surface area contributed by atoms with E-state index in [1.54, 1.807) is 6.92 Å². The highest BCUT2D eigenvalue weighted by Gasteiger charge is 2.35. The van der Waals surface area contributed by atoms with Crippen molar-refractivity contribution in [2.75, 3.05) is 37.7 Å². The lowest BCUT2D eigenvalue weighted by atomic mass is 10.2. The fraction of sp³-hybridized carbons (Fsp3) is 0.600. The molecule has 8 heteroatoms. The van der Waals surface area contributed by atoms with Crippen molar-refractivity contribution in [1.29, 1.82) is 0 Å². The number of halogens is 3. The van der Waals surface area contributed by atoms with Crippen LogP contribution >= 0.6 is 0 Å². The topological polar surface area (TPSA) is 48.1 Å². The van der Waals surface area contributed by atoms with E-state index in [1.807, 2.05) is 11.8 Å². The van der Waals surface area contributed by atoms with Gasteiger partial charge in [-0.1, -0.05) is 0 Å². The van der Waals surface area contributed by atoms with Crippen LogP contribution in [-0.2, 0) is 15.7 Å². The molecule has 128 valence electrons. The number of rotatable bonds is 4. The molecule has 0 radical (unpaired) electrons. The highest BCUT2D eigenvalue weighted by Crippen LogP contribution is 2.28. The normalized spacial score (nSPS) is 17.9. The Kier molecular flexibility index (Phi) is 5.46. The number of alkyl halides is 3. The number of carbonyl (C=O) groups excluding carboxylic acids is 1. The van der Waals surface area contributed by atoms with Gasteiger partial charge in [-0.15, -0.1) is 0 Å². The highest BCUT2D eigenvalue weighted by molar-refractivity contribution is 5.73. The summed E-state index contributed by atoms with van der Waals surface area (Å²) < 4.78 is 42.7. The van der Waals surface area contributed by atoms with Crippen LogP contribution in [0.25, 0.3) is 0 Å². The van der Waals surface area contributed by atoms with E-state index >= 15 is 0 Å². The number of aromatic nitrogens is 1. The minimum absolute atomic E-state index is 0.211. The predicted molar refractivity (Wildman–Crippen MR) is 77.0 cm³/mol. The first-order chi connectivity index (χ1) is 10.8. The predicted octanol–water partition coefficient (Wildman–Crippen LogP) is 0.176. The van der Waals surface area contributed by atoms with Gasteiger partial charge in [0.1, 0.15) is 32.4 Å². The zero-order valence-corrected chi connectivity index (χ0v) is 13.2. The first-order valence-electron chi connectivity index (χ1n) is 7.68. The summed E-state index contributed by atoms with van der Waals surface area (Å²) in [7, 11) is 0. The van der Waals surface area contributed by atoms with Gasteiger partial charge in [0.05, 0.1) is 12.2 Å². The number of carbonyl (C=O) groups is 1. The zero-order chi connectivity index (χ0) is 17.0. The molecule has 1 aliphatic heterocycles. The molecule has 23 heavy (non-hydrogen) atoms. The van der Waals surface area contributed by atoms with Gasteiger partial charge in [0, 0.05) is 6.07 Å². The largest absolute Gasteiger partial charge is 0.462 e. The summed E-state index contributed by atoms with van der Waals surface area (Å²) in [5, 5.41) is 0. The summed E-state index contributed by atoms with van der Waals surface area (Å²) >= 11 is 0. The summed E-state index contributed by atoms with van der Waals surface area (Å²) in [5.74, 6) is 0.442. The molecule has 0 spiro atoms. The number of ether oxygens (including phenoxy) is 1. The minimum Gasteiger partial charge on any atom is -0.462 e. The molecule has 1 aromatic heterocycles. The number of piperazine rings is 1. The molecule has 1 saturated heterocycles. The monoisotopic (exact) mass is 333 g/mol. The first kappa shape index (κ1) is 17.5. The number of esters is 1. The second kappa shape index (κ2) is 7.16. The molecule has 1 fully saturated rings. The van der Waals surface area contributed by atoms with Gasteiger partial charge in [0.15, 0.2) is 6.04 Å². The molecule has 1 aromatic rings. The van der Waals surface area contributed by atoms with Gasteiger partial charge in [0.25, 0.3) is 5.82 Å². The molecule has 1 aliphatic rings. The van der Waals surface area contributed by atoms with Crippen molar-refractivity contribution < 1.29 is 32.6 Å².